The van der Waals surface area contributed by atoms with Crippen LogP contribution in [0.15, 0.2) is 0 Å². The molecule has 0 saturated heterocycles. The van der Waals surface area contributed by atoms with E-state index < -0.39 is 9.84 Å². The smallest absolute Gasteiger partial charge is 0.148 e. The molecule has 78 valence electrons. The van der Waals surface area contributed by atoms with Crippen molar-refractivity contribution in [1.82, 2.24) is 5.32 Å². The van der Waals surface area contributed by atoms with Crippen LogP contribution in [-0.2, 0) is 9.84 Å². The molecular formula is C8H16ClNO2S. The highest BCUT2D eigenvalue weighted by molar-refractivity contribution is 7.90. The number of nitrogens with one attached hydrogen (secondary N) is 1. The van der Waals surface area contributed by atoms with Crippen LogP contribution in [0.3, 0.4) is 0 Å². The number of halogens is 1. The Morgan fingerprint density at radius 2 is 2.08 bits per heavy atom. The van der Waals surface area contributed by atoms with E-state index in [-0.39, 0.29) is 5.75 Å². The van der Waals surface area contributed by atoms with E-state index in [1.54, 1.807) is 0 Å². The molecule has 1 rings (SSSR count). The fourth-order valence-corrected chi connectivity index (χ4v) is 2.40. The van der Waals surface area contributed by atoms with Gasteiger partial charge in [-0.2, -0.15) is 0 Å². The minimum absolute atomic E-state index is 0.226. The second-order valence-electron chi connectivity index (χ2n) is 3.77. The minimum Gasteiger partial charge on any atom is -0.315 e. The van der Waals surface area contributed by atoms with Crippen LogP contribution in [0.4, 0.5) is 0 Å². The average molecular weight is 226 g/mol. The monoisotopic (exact) mass is 225 g/mol. The largest absolute Gasteiger partial charge is 0.315 e. The number of rotatable bonds is 5. The first-order chi connectivity index (χ1) is 5.97. The highest BCUT2D eigenvalue weighted by Gasteiger charge is 2.26. The summed E-state index contributed by atoms with van der Waals surface area (Å²) in [5.74, 6) is 0.881. The molecule has 1 saturated carbocycles. The molecule has 0 aromatic rings. The summed E-state index contributed by atoms with van der Waals surface area (Å²) in [5, 5.41) is 3.48. The van der Waals surface area contributed by atoms with Crippen molar-refractivity contribution >= 4 is 21.4 Å². The predicted octanol–water partition coefficient (Wildman–Crippen LogP) is 0.638. The van der Waals surface area contributed by atoms with Crippen LogP contribution < -0.4 is 5.32 Å². The van der Waals surface area contributed by atoms with E-state index in [1.165, 1.54) is 6.26 Å². The minimum atomic E-state index is -2.81. The molecule has 1 N–H and O–H groups in total. The second-order valence-corrected chi connectivity index (χ2v) is 6.65. The first-order valence-corrected chi connectivity index (χ1v) is 6.99. The van der Waals surface area contributed by atoms with Gasteiger partial charge in [0.1, 0.15) is 9.84 Å². The van der Waals surface area contributed by atoms with Crippen molar-refractivity contribution < 1.29 is 8.42 Å². The number of hydrogen-bond acceptors (Lipinski definition) is 3. The molecule has 0 spiro atoms. The van der Waals surface area contributed by atoms with Crippen LogP contribution in [0.5, 0.6) is 0 Å². The quantitative estimate of drug-likeness (QED) is 0.552. The predicted molar refractivity (Wildman–Crippen MR) is 54.9 cm³/mol. The second kappa shape index (κ2) is 4.62. The Labute approximate surface area is 84.8 Å². The summed E-state index contributed by atoms with van der Waals surface area (Å²) in [7, 11) is -2.81. The Morgan fingerprint density at radius 3 is 2.54 bits per heavy atom. The molecule has 0 amide bonds. The van der Waals surface area contributed by atoms with Crippen LogP contribution in [0.1, 0.15) is 12.8 Å². The van der Waals surface area contributed by atoms with E-state index in [9.17, 15) is 8.42 Å². The third-order valence-corrected chi connectivity index (χ3v) is 3.56. The van der Waals surface area contributed by atoms with Crippen LogP contribution in [0.25, 0.3) is 0 Å². The normalized spacial score (nSPS) is 28.5. The zero-order chi connectivity index (χ0) is 9.90. The van der Waals surface area contributed by atoms with Crippen molar-refractivity contribution in [2.45, 2.75) is 18.2 Å². The Balaban J connectivity index is 1.96. The lowest BCUT2D eigenvalue weighted by Gasteiger charge is -2.30. The summed E-state index contributed by atoms with van der Waals surface area (Å²) >= 11 is 5.81. The zero-order valence-electron chi connectivity index (χ0n) is 7.79. The first-order valence-electron chi connectivity index (χ1n) is 4.50. The Kier molecular flexibility index (Phi) is 4.01. The van der Waals surface area contributed by atoms with Gasteiger partial charge in [0.05, 0.1) is 5.75 Å². The van der Waals surface area contributed by atoms with E-state index >= 15 is 0 Å². The van der Waals surface area contributed by atoms with Crippen molar-refractivity contribution in [3.05, 3.63) is 0 Å². The van der Waals surface area contributed by atoms with Crippen molar-refractivity contribution in [2.75, 3.05) is 25.1 Å². The van der Waals surface area contributed by atoms with Gasteiger partial charge < -0.3 is 5.32 Å². The van der Waals surface area contributed by atoms with Gasteiger partial charge in [0.15, 0.2) is 0 Å². The summed E-state index contributed by atoms with van der Waals surface area (Å²) < 4.78 is 21.5. The lowest BCUT2D eigenvalue weighted by Crippen LogP contribution is -2.35. The maximum Gasteiger partial charge on any atom is 0.148 e. The van der Waals surface area contributed by atoms with Crippen LogP contribution in [0, 0.1) is 5.92 Å². The topological polar surface area (TPSA) is 46.2 Å². The fourth-order valence-electron chi connectivity index (χ4n) is 1.38. The van der Waals surface area contributed by atoms with E-state index in [0.717, 1.165) is 19.4 Å². The number of alkyl halides is 1. The van der Waals surface area contributed by atoms with Crippen molar-refractivity contribution in [3.63, 3.8) is 0 Å². The van der Waals surface area contributed by atoms with Crippen molar-refractivity contribution in [3.8, 4) is 0 Å². The molecule has 3 nitrogen and oxygen atoms in total. The molecule has 0 aromatic carbocycles. The summed E-state index contributed by atoms with van der Waals surface area (Å²) in [6.07, 6.45) is 3.38. The van der Waals surface area contributed by atoms with E-state index in [4.69, 9.17) is 11.6 Å². The molecule has 0 unspecified atom stereocenters. The van der Waals surface area contributed by atoms with Gasteiger partial charge in [0.25, 0.3) is 0 Å². The van der Waals surface area contributed by atoms with Gasteiger partial charge in [-0.3, -0.25) is 0 Å². The van der Waals surface area contributed by atoms with Crippen LogP contribution in [-0.4, -0.2) is 38.9 Å². The summed E-state index contributed by atoms with van der Waals surface area (Å²) in [4.78, 5) is 0. The zero-order valence-corrected chi connectivity index (χ0v) is 9.37. The van der Waals surface area contributed by atoms with Gasteiger partial charge in [-0.05, 0) is 25.3 Å². The molecule has 0 radical (unpaired) electrons. The van der Waals surface area contributed by atoms with Crippen LogP contribution >= 0.6 is 11.6 Å². The molecule has 0 heterocycles. The third-order valence-electron chi connectivity index (χ3n) is 2.26. The summed E-state index contributed by atoms with van der Waals surface area (Å²) in [6.45, 7) is 1.46. The Bertz CT molecular complexity index is 247. The lowest BCUT2D eigenvalue weighted by atomic mass is 9.85. The van der Waals surface area contributed by atoms with Crippen molar-refractivity contribution in [2.24, 2.45) is 5.92 Å². The molecule has 1 fully saturated rings. The molecule has 1 aliphatic carbocycles. The number of sulfone groups is 1. The Hall–Kier alpha value is 0.200. The van der Waals surface area contributed by atoms with E-state index in [1.807, 2.05) is 0 Å². The van der Waals surface area contributed by atoms with Crippen molar-refractivity contribution in [1.29, 1.82) is 0 Å². The maximum absolute atomic E-state index is 10.8. The molecular weight excluding hydrogens is 210 g/mol. The molecule has 13 heavy (non-hydrogen) atoms. The van der Waals surface area contributed by atoms with Gasteiger partial charge in [0.2, 0.25) is 0 Å². The van der Waals surface area contributed by atoms with Gasteiger partial charge in [0, 0.05) is 18.2 Å². The fraction of sp³-hybridized carbons (Fsp3) is 1.00. The molecule has 0 atom stereocenters. The molecule has 0 aromatic heterocycles. The Morgan fingerprint density at radius 1 is 1.46 bits per heavy atom. The highest BCUT2D eigenvalue weighted by atomic mass is 35.5. The van der Waals surface area contributed by atoms with E-state index in [0.29, 0.717) is 17.8 Å². The van der Waals surface area contributed by atoms with E-state index in [2.05, 4.69) is 5.32 Å². The van der Waals surface area contributed by atoms with Gasteiger partial charge in [-0.1, -0.05) is 0 Å². The van der Waals surface area contributed by atoms with Gasteiger partial charge in [-0.25, -0.2) is 8.42 Å². The van der Waals surface area contributed by atoms with Gasteiger partial charge >= 0.3 is 0 Å². The maximum atomic E-state index is 10.8. The SMILES string of the molecule is CS(=O)(=O)CCNCC1CC(Cl)C1. The molecule has 0 aliphatic heterocycles. The first kappa shape index (κ1) is 11.3. The molecule has 0 bridgehead atoms. The average Bonchev–Trinajstić information content (AvgIpc) is 1.91. The summed E-state index contributed by atoms with van der Waals surface area (Å²) in [5.41, 5.74) is 0. The highest BCUT2D eigenvalue weighted by Crippen LogP contribution is 2.30. The van der Waals surface area contributed by atoms with Gasteiger partial charge in [-0.15, -0.1) is 11.6 Å². The van der Waals surface area contributed by atoms with Crippen LogP contribution in [0.2, 0.25) is 0 Å². The third kappa shape index (κ3) is 4.84. The summed E-state index contributed by atoms with van der Waals surface area (Å²) in [6, 6.07) is 0. The number of hydrogen-bond donors (Lipinski definition) is 1. The lowest BCUT2D eigenvalue weighted by molar-refractivity contribution is 0.311. The molecule has 1 aliphatic rings. The molecule has 5 heteroatoms. The standard InChI is InChI=1S/C8H16ClNO2S/c1-13(11,12)3-2-10-6-7-4-8(9)5-7/h7-8,10H,2-6H2,1H3.